The number of aromatic nitrogens is 1. The number of thiazole rings is 1. The number of guanidine groups is 1. The van der Waals surface area contributed by atoms with Crippen LogP contribution in [0.1, 0.15) is 43.3 Å². The molecule has 0 spiro atoms. The molecule has 2 heterocycles. The van der Waals surface area contributed by atoms with Gasteiger partial charge in [-0.1, -0.05) is 13.8 Å². The average molecular weight is 505 g/mol. The summed E-state index contributed by atoms with van der Waals surface area (Å²) < 4.78 is 5.65. The zero-order chi connectivity index (χ0) is 18.8. The number of hydrogen-bond donors (Lipinski definition) is 2. The monoisotopic (exact) mass is 505 g/mol. The lowest BCUT2D eigenvalue weighted by molar-refractivity contribution is 0.198. The van der Waals surface area contributed by atoms with Gasteiger partial charge in [0.2, 0.25) is 0 Å². The van der Waals surface area contributed by atoms with E-state index in [1.165, 1.54) is 0 Å². The average Bonchev–Trinajstić information content (AvgIpc) is 3.30. The summed E-state index contributed by atoms with van der Waals surface area (Å²) in [4.78, 5) is 11.7. The highest BCUT2D eigenvalue weighted by molar-refractivity contribution is 14.0. The molecule has 6 nitrogen and oxygen atoms in total. The van der Waals surface area contributed by atoms with E-state index >= 15 is 0 Å². The first-order chi connectivity index (χ1) is 12.7. The van der Waals surface area contributed by atoms with Crippen LogP contribution in [0, 0.1) is 6.92 Å². The molecule has 152 valence electrons. The molecule has 0 amide bonds. The first-order valence-corrected chi connectivity index (χ1v) is 10.3. The van der Waals surface area contributed by atoms with Gasteiger partial charge in [-0.2, -0.15) is 0 Å². The molecule has 0 aliphatic heterocycles. The number of nitrogens with one attached hydrogen (secondary N) is 2. The van der Waals surface area contributed by atoms with E-state index in [0.29, 0.717) is 6.54 Å². The molecule has 2 aromatic heterocycles. The van der Waals surface area contributed by atoms with Crippen molar-refractivity contribution in [1.82, 2.24) is 20.5 Å². The predicted octanol–water partition coefficient (Wildman–Crippen LogP) is 3.84. The molecule has 0 fully saturated rings. The number of aryl methyl sites for hydroxylation is 1. The van der Waals surface area contributed by atoms with Crippen LogP contribution < -0.4 is 10.6 Å². The maximum atomic E-state index is 5.65. The van der Waals surface area contributed by atoms with Gasteiger partial charge in [0.1, 0.15) is 5.76 Å². The Hall–Kier alpha value is -1.13. The third kappa shape index (κ3) is 7.79. The van der Waals surface area contributed by atoms with E-state index in [1.807, 2.05) is 19.1 Å². The lowest BCUT2D eigenvalue weighted by Crippen LogP contribution is -2.39. The Morgan fingerprint density at radius 1 is 1.30 bits per heavy atom. The third-order valence-corrected chi connectivity index (χ3v) is 5.05. The Labute approximate surface area is 183 Å². The molecule has 0 aliphatic rings. The fourth-order valence-electron chi connectivity index (χ4n) is 2.88. The summed E-state index contributed by atoms with van der Waals surface area (Å²) in [5.74, 6) is 1.80. The first kappa shape index (κ1) is 23.9. The van der Waals surface area contributed by atoms with Crippen molar-refractivity contribution in [3.05, 3.63) is 40.2 Å². The van der Waals surface area contributed by atoms with E-state index in [9.17, 15) is 0 Å². The van der Waals surface area contributed by atoms with Gasteiger partial charge in [-0.05, 0) is 39.1 Å². The van der Waals surface area contributed by atoms with Crippen molar-refractivity contribution >= 4 is 41.3 Å². The Bertz CT molecular complexity index is 655. The number of likely N-dealkylation sites (N-methyl/N-ethyl adjacent to an activating group) is 1. The van der Waals surface area contributed by atoms with Crippen molar-refractivity contribution in [2.24, 2.45) is 4.99 Å². The van der Waals surface area contributed by atoms with E-state index in [1.54, 1.807) is 17.6 Å². The van der Waals surface area contributed by atoms with Gasteiger partial charge in [0.15, 0.2) is 5.96 Å². The largest absolute Gasteiger partial charge is 0.468 e. The smallest absolute Gasteiger partial charge is 0.191 e. The standard InChI is InChI=1S/C19H31N5OS.HI/c1-5-20-19(21-11-10-16-14-26-15(4)23-16)22-13-17(24(6-2)7-3)18-9-8-12-25-18;/h8-9,12,14,17H,5-7,10-11,13H2,1-4H3,(H2,20,21,22);1H. The van der Waals surface area contributed by atoms with Crippen molar-refractivity contribution in [2.75, 3.05) is 32.7 Å². The van der Waals surface area contributed by atoms with Crippen LogP contribution in [0.5, 0.6) is 0 Å². The zero-order valence-corrected chi connectivity index (χ0v) is 19.8. The number of hydrogen-bond acceptors (Lipinski definition) is 5. The van der Waals surface area contributed by atoms with E-state index in [-0.39, 0.29) is 30.0 Å². The molecule has 8 heteroatoms. The number of rotatable bonds is 10. The molecule has 0 radical (unpaired) electrons. The number of halogens is 1. The normalized spacial score (nSPS) is 12.7. The fourth-order valence-corrected chi connectivity index (χ4v) is 3.53. The minimum atomic E-state index is 0. The highest BCUT2D eigenvalue weighted by atomic mass is 127. The van der Waals surface area contributed by atoms with Crippen molar-refractivity contribution in [1.29, 1.82) is 0 Å². The SMILES string of the molecule is CCNC(=NCC(c1ccco1)N(CC)CC)NCCc1csc(C)n1.I. The number of aliphatic imine (C=N–C) groups is 1. The van der Waals surface area contributed by atoms with Gasteiger partial charge in [-0.15, -0.1) is 35.3 Å². The van der Waals surface area contributed by atoms with Crippen LogP contribution >= 0.6 is 35.3 Å². The Morgan fingerprint density at radius 3 is 2.63 bits per heavy atom. The number of nitrogens with zero attached hydrogens (tertiary/aromatic N) is 3. The summed E-state index contributed by atoms with van der Waals surface area (Å²) in [6, 6.07) is 4.12. The van der Waals surface area contributed by atoms with Gasteiger partial charge in [0.05, 0.1) is 29.6 Å². The zero-order valence-electron chi connectivity index (χ0n) is 16.7. The van der Waals surface area contributed by atoms with E-state index < -0.39 is 0 Å². The van der Waals surface area contributed by atoms with E-state index in [2.05, 4.69) is 46.7 Å². The summed E-state index contributed by atoms with van der Waals surface area (Å²) in [7, 11) is 0. The molecule has 0 saturated carbocycles. The molecule has 2 aromatic rings. The molecule has 1 atom stereocenters. The fraction of sp³-hybridized carbons (Fsp3) is 0.579. The van der Waals surface area contributed by atoms with Crippen LogP contribution in [0.25, 0.3) is 0 Å². The third-order valence-electron chi connectivity index (χ3n) is 4.23. The summed E-state index contributed by atoms with van der Waals surface area (Å²) in [6.07, 6.45) is 2.63. The maximum absolute atomic E-state index is 5.65. The Balaban J connectivity index is 0.00000364. The van der Waals surface area contributed by atoms with Crippen LogP contribution in [0.2, 0.25) is 0 Å². The lowest BCUT2D eigenvalue weighted by Gasteiger charge is -2.27. The van der Waals surface area contributed by atoms with Crippen molar-refractivity contribution in [2.45, 2.75) is 40.2 Å². The summed E-state index contributed by atoms with van der Waals surface area (Å²) in [5.41, 5.74) is 1.13. The minimum Gasteiger partial charge on any atom is -0.468 e. The molecular weight excluding hydrogens is 473 g/mol. The molecule has 2 N–H and O–H groups in total. The lowest BCUT2D eigenvalue weighted by atomic mass is 10.2. The van der Waals surface area contributed by atoms with E-state index in [4.69, 9.17) is 9.41 Å². The maximum Gasteiger partial charge on any atom is 0.191 e. The second-order valence-corrected chi connectivity index (χ2v) is 7.07. The molecule has 0 bridgehead atoms. The number of furan rings is 1. The molecule has 0 saturated heterocycles. The minimum absolute atomic E-state index is 0. The van der Waals surface area contributed by atoms with Crippen LogP contribution in [0.15, 0.2) is 33.2 Å². The van der Waals surface area contributed by atoms with Gasteiger partial charge in [-0.3, -0.25) is 9.89 Å². The predicted molar refractivity (Wildman–Crippen MR) is 124 cm³/mol. The summed E-state index contributed by atoms with van der Waals surface area (Å²) in [6.45, 7) is 12.7. The van der Waals surface area contributed by atoms with Gasteiger partial charge in [-0.25, -0.2) is 4.98 Å². The van der Waals surface area contributed by atoms with Gasteiger partial charge in [0.25, 0.3) is 0 Å². The Morgan fingerprint density at radius 2 is 2.07 bits per heavy atom. The Kier molecular flexibility index (Phi) is 11.6. The van der Waals surface area contributed by atoms with Crippen LogP contribution in [0.3, 0.4) is 0 Å². The van der Waals surface area contributed by atoms with Gasteiger partial charge < -0.3 is 15.1 Å². The molecule has 1 unspecified atom stereocenters. The second-order valence-electron chi connectivity index (χ2n) is 6.01. The summed E-state index contributed by atoms with van der Waals surface area (Å²) >= 11 is 1.69. The van der Waals surface area contributed by atoms with Crippen molar-refractivity contribution < 1.29 is 4.42 Å². The summed E-state index contributed by atoms with van der Waals surface area (Å²) in [5, 5.41) is 9.96. The van der Waals surface area contributed by atoms with Crippen LogP contribution in [-0.4, -0.2) is 48.6 Å². The molecular formula is C19H32IN5OS. The van der Waals surface area contributed by atoms with Gasteiger partial charge in [0, 0.05) is 24.9 Å². The highest BCUT2D eigenvalue weighted by Gasteiger charge is 2.20. The van der Waals surface area contributed by atoms with Crippen molar-refractivity contribution in [3.63, 3.8) is 0 Å². The highest BCUT2D eigenvalue weighted by Crippen LogP contribution is 2.21. The van der Waals surface area contributed by atoms with Crippen LogP contribution in [-0.2, 0) is 6.42 Å². The van der Waals surface area contributed by atoms with E-state index in [0.717, 1.165) is 55.0 Å². The molecule has 27 heavy (non-hydrogen) atoms. The van der Waals surface area contributed by atoms with Crippen LogP contribution in [0.4, 0.5) is 0 Å². The topological polar surface area (TPSA) is 65.7 Å². The van der Waals surface area contributed by atoms with Gasteiger partial charge >= 0.3 is 0 Å². The molecule has 0 aromatic carbocycles. The first-order valence-electron chi connectivity index (χ1n) is 9.38. The second kappa shape index (κ2) is 13.1. The molecule has 0 aliphatic carbocycles. The quantitative estimate of drug-likeness (QED) is 0.292. The molecule has 2 rings (SSSR count). The van der Waals surface area contributed by atoms with Crippen molar-refractivity contribution in [3.8, 4) is 0 Å².